The van der Waals surface area contributed by atoms with Crippen molar-refractivity contribution in [3.05, 3.63) is 59.2 Å². The number of carbonyl (C=O) groups is 2. The number of carbonyl (C=O) groups excluding carboxylic acids is 1. The van der Waals surface area contributed by atoms with Crippen LogP contribution in [0.25, 0.3) is 0 Å². The Morgan fingerprint density at radius 1 is 1.08 bits per heavy atom. The van der Waals surface area contributed by atoms with Gasteiger partial charge in [0.1, 0.15) is 11.5 Å². The summed E-state index contributed by atoms with van der Waals surface area (Å²) in [5, 5.41) is 44.1. The fourth-order valence-corrected chi connectivity index (χ4v) is 7.12. The lowest BCUT2D eigenvalue weighted by atomic mass is 9.55. The predicted octanol–water partition coefficient (Wildman–Crippen LogP) is 4.17. The van der Waals surface area contributed by atoms with E-state index >= 15 is 0 Å². The van der Waals surface area contributed by atoms with Gasteiger partial charge in [-0.3, -0.25) is 4.79 Å². The van der Waals surface area contributed by atoms with Crippen molar-refractivity contribution in [2.24, 2.45) is 22.4 Å². The summed E-state index contributed by atoms with van der Waals surface area (Å²) in [5.41, 5.74) is 5.53. The maximum absolute atomic E-state index is 12.6. The van der Waals surface area contributed by atoms with E-state index in [1.165, 1.54) is 12.1 Å². The highest BCUT2D eigenvalue weighted by Gasteiger charge is 2.55. The zero-order chi connectivity index (χ0) is 27.0. The zero-order valence-electron chi connectivity index (χ0n) is 21.3. The van der Waals surface area contributed by atoms with E-state index in [0.717, 1.165) is 36.8 Å². The Hall–Kier alpha value is -3.59. The van der Waals surface area contributed by atoms with Crippen molar-refractivity contribution in [2.75, 3.05) is 0 Å². The maximum Gasteiger partial charge on any atom is 0.334 e. The van der Waals surface area contributed by atoms with E-state index < -0.39 is 17.9 Å². The van der Waals surface area contributed by atoms with Gasteiger partial charge in [-0.2, -0.15) is 0 Å². The van der Waals surface area contributed by atoms with Crippen LogP contribution in [0, 0.1) is 17.3 Å². The van der Waals surface area contributed by atoms with Crippen LogP contribution < -0.4 is 5.59 Å². The average Bonchev–Trinajstić information content (AvgIpc) is 3.18. The minimum Gasteiger partial charge on any atom is -0.508 e. The molecule has 5 rings (SSSR count). The fraction of sp³-hybridized carbons (Fsp3) is 0.483. The van der Waals surface area contributed by atoms with Gasteiger partial charge in [0, 0.05) is 11.5 Å². The number of aliphatic hydroxyl groups is 1. The first-order valence-electron chi connectivity index (χ1n) is 13.2. The molecule has 9 nitrogen and oxygen atoms in total. The Bertz CT molecular complexity index is 1240. The lowest BCUT2D eigenvalue weighted by Gasteiger charge is -2.50. The second-order valence-corrected chi connectivity index (χ2v) is 11.2. The van der Waals surface area contributed by atoms with Crippen LogP contribution in [0.3, 0.4) is 0 Å². The van der Waals surface area contributed by atoms with Crippen molar-refractivity contribution in [3.63, 3.8) is 0 Å². The number of aliphatic carboxylic acids is 1. The molecule has 6 atom stereocenters. The number of aromatic hydroxyl groups is 2. The molecule has 0 bridgehead atoms. The molecule has 0 aromatic heterocycles. The molecule has 2 saturated carbocycles. The van der Waals surface area contributed by atoms with E-state index in [9.17, 15) is 30.0 Å². The second-order valence-electron chi connectivity index (χ2n) is 11.2. The molecule has 0 aliphatic heterocycles. The maximum atomic E-state index is 12.6. The average molecular weight is 523 g/mol. The van der Waals surface area contributed by atoms with Gasteiger partial charge in [-0.25, -0.2) is 4.79 Å². The molecule has 2 aromatic carbocycles. The van der Waals surface area contributed by atoms with Gasteiger partial charge in [0.15, 0.2) is 0 Å². The smallest absolute Gasteiger partial charge is 0.334 e. The van der Waals surface area contributed by atoms with Gasteiger partial charge in [-0.05, 0) is 90.7 Å². The number of phenols is 2. The summed E-state index contributed by atoms with van der Waals surface area (Å²) < 4.78 is 0. The van der Waals surface area contributed by atoms with Crippen molar-refractivity contribution < 1.29 is 34.9 Å². The number of benzene rings is 2. The van der Waals surface area contributed by atoms with E-state index in [-0.39, 0.29) is 41.8 Å². The van der Waals surface area contributed by atoms with Crippen LogP contribution in [0.1, 0.15) is 80.4 Å². The first-order chi connectivity index (χ1) is 18.2. The lowest BCUT2D eigenvalue weighted by molar-refractivity contribution is -0.151. The Balaban J connectivity index is 1.32. The molecule has 1 unspecified atom stereocenters. The monoisotopic (exact) mass is 522 g/mol. The SMILES string of the molecule is C[C@]12CC[C@@H]3c4ccc(O)cc4/C(=N/NOC(=O)CC(CC(=O)O)c4ccc(O)cc4)C[C@H]3[C@@H]1CC[C@@H]2O. The summed E-state index contributed by atoms with van der Waals surface area (Å²) in [6.07, 6.45) is 3.56. The molecule has 3 aliphatic rings. The Labute approximate surface area is 221 Å². The highest BCUT2D eigenvalue weighted by molar-refractivity contribution is 6.03. The van der Waals surface area contributed by atoms with E-state index in [4.69, 9.17) is 4.84 Å². The van der Waals surface area contributed by atoms with Crippen molar-refractivity contribution in [1.82, 2.24) is 5.59 Å². The quantitative estimate of drug-likeness (QED) is 0.340. The van der Waals surface area contributed by atoms with Crippen LogP contribution in [0.2, 0.25) is 0 Å². The number of aliphatic hydroxyl groups excluding tert-OH is 1. The number of hydrogen-bond acceptors (Lipinski definition) is 8. The summed E-state index contributed by atoms with van der Waals surface area (Å²) in [4.78, 5) is 29.2. The normalized spacial score (nSPS) is 29.6. The predicted molar refractivity (Wildman–Crippen MR) is 139 cm³/mol. The second kappa shape index (κ2) is 10.3. The van der Waals surface area contributed by atoms with Crippen molar-refractivity contribution in [1.29, 1.82) is 0 Å². The largest absolute Gasteiger partial charge is 0.508 e. The van der Waals surface area contributed by atoms with Crippen LogP contribution in [0.4, 0.5) is 0 Å². The standard InChI is InChI=1S/C29H34N2O7/c1-29-11-10-21-20-7-6-19(33)14-23(20)25(15-22(21)24(29)8-9-26(29)34)30-31-38-28(37)13-17(12-27(35)36)16-2-4-18(32)5-3-16/h2-7,14,17,21-22,24,26,31-34H,8-13,15H2,1H3,(H,35,36)/b30-25+/t17?,21-,22-,24+,26+,29+/m1/s1. The molecule has 202 valence electrons. The third-order valence-electron chi connectivity index (χ3n) is 9.10. The topological polar surface area (TPSA) is 149 Å². The molecule has 0 saturated heterocycles. The number of phenolic OH excluding ortho intramolecular Hbond substituents is 2. The van der Waals surface area contributed by atoms with Gasteiger partial charge in [0.05, 0.1) is 24.7 Å². The first-order valence-corrected chi connectivity index (χ1v) is 13.2. The summed E-state index contributed by atoms with van der Waals surface area (Å²) in [5.74, 6) is -1.20. The van der Waals surface area contributed by atoms with Crippen LogP contribution in [0.15, 0.2) is 47.6 Å². The number of nitrogens with zero attached hydrogens (tertiary/aromatic N) is 1. The molecule has 0 heterocycles. The summed E-state index contributed by atoms with van der Waals surface area (Å²) >= 11 is 0. The first kappa shape index (κ1) is 26.0. The van der Waals surface area contributed by atoms with Gasteiger partial charge in [-0.15, -0.1) is 10.7 Å². The number of hydrogen-bond donors (Lipinski definition) is 5. The Morgan fingerprint density at radius 3 is 2.55 bits per heavy atom. The van der Waals surface area contributed by atoms with Crippen LogP contribution in [-0.4, -0.2) is 44.2 Å². The number of nitrogens with one attached hydrogen (secondary N) is 1. The minimum atomic E-state index is -1.05. The summed E-state index contributed by atoms with van der Waals surface area (Å²) in [6.45, 7) is 2.19. The molecule has 38 heavy (non-hydrogen) atoms. The van der Waals surface area contributed by atoms with E-state index in [1.807, 2.05) is 6.07 Å². The molecule has 2 fully saturated rings. The third kappa shape index (κ3) is 4.95. The molecule has 2 aromatic rings. The highest BCUT2D eigenvalue weighted by Crippen LogP contribution is 2.61. The molecule has 0 spiro atoms. The van der Waals surface area contributed by atoms with Crippen LogP contribution in [0.5, 0.6) is 11.5 Å². The minimum absolute atomic E-state index is 0.0503. The third-order valence-corrected chi connectivity index (χ3v) is 9.10. The number of carboxylic acids is 1. The molecule has 5 N–H and O–H groups in total. The van der Waals surface area contributed by atoms with Gasteiger partial charge in [-0.1, -0.05) is 25.1 Å². The summed E-state index contributed by atoms with van der Waals surface area (Å²) in [6, 6.07) is 11.4. The number of fused-ring (bicyclic) bond motifs is 5. The van der Waals surface area contributed by atoms with Gasteiger partial charge in [0.25, 0.3) is 0 Å². The van der Waals surface area contributed by atoms with Gasteiger partial charge >= 0.3 is 11.9 Å². The molecular formula is C29H34N2O7. The van der Waals surface area contributed by atoms with Crippen LogP contribution >= 0.6 is 0 Å². The zero-order valence-corrected chi connectivity index (χ0v) is 21.3. The number of carboxylic acid groups (broad SMARTS) is 1. The van der Waals surface area contributed by atoms with Gasteiger partial charge < -0.3 is 25.3 Å². The number of rotatable bonds is 7. The van der Waals surface area contributed by atoms with E-state index in [2.05, 4.69) is 17.6 Å². The molecule has 9 heteroatoms. The molecule has 0 radical (unpaired) electrons. The fourth-order valence-electron chi connectivity index (χ4n) is 7.12. The van der Waals surface area contributed by atoms with Crippen molar-refractivity contribution in [3.8, 4) is 11.5 Å². The molecule has 0 amide bonds. The van der Waals surface area contributed by atoms with Gasteiger partial charge in [0.2, 0.25) is 0 Å². The lowest BCUT2D eigenvalue weighted by Crippen LogP contribution is -2.45. The highest BCUT2D eigenvalue weighted by atomic mass is 16.7. The van der Waals surface area contributed by atoms with Crippen molar-refractivity contribution >= 4 is 17.7 Å². The van der Waals surface area contributed by atoms with Crippen LogP contribution in [-0.2, 0) is 14.4 Å². The molecular weight excluding hydrogens is 488 g/mol. The summed E-state index contributed by atoms with van der Waals surface area (Å²) in [7, 11) is 0. The number of hydrazone groups is 1. The molecule has 3 aliphatic carbocycles. The van der Waals surface area contributed by atoms with E-state index in [0.29, 0.717) is 29.5 Å². The van der Waals surface area contributed by atoms with E-state index in [1.54, 1.807) is 24.3 Å². The van der Waals surface area contributed by atoms with Crippen molar-refractivity contribution in [2.45, 2.75) is 69.8 Å². The Kier molecular flexibility index (Phi) is 7.05. The Morgan fingerprint density at radius 2 is 1.82 bits per heavy atom.